The molecule has 26 heavy (non-hydrogen) atoms. The topological polar surface area (TPSA) is 69.2 Å². The normalized spacial score (nSPS) is 20.0. The van der Waals surface area contributed by atoms with Gasteiger partial charge in [-0.1, -0.05) is 18.2 Å². The quantitative estimate of drug-likeness (QED) is 0.744. The van der Waals surface area contributed by atoms with Gasteiger partial charge in [-0.05, 0) is 35.7 Å². The van der Waals surface area contributed by atoms with Crippen LogP contribution in [-0.2, 0) is 11.2 Å². The number of aliphatic hydroxyl groups excluding tert-OH is 1. The number of para-hydroxylation sites is 1. The minimum Gasteiger partial charge on any atom is -0.396 e. The Morgan fingerprint density at radius 1 is 1.19 bits per heavy atom. The molecule has 1 aromatic carbocycles. The molecule has 0 aliphatic carbocycles. The smallest absolute Gasteiger partial charge is 0.222 e. The monoisotopic (exact) mass is 349 g/mol. The number of H-pyrrole nitrogens is 1. The lowest BCUT2D eigenvalue weighted by Gasteiger charge is -2.16. The maximum atomic E-state index is 12.7. The Labute approximate surface area is 152 Å². The highest BCUT2D eigenvalue weighted by Gasteiger charge is 2.35. The highest BCUT2D eigenvalue weighted by atomic mass is 16.3. The Morgan fingerprint density at radius 3 is 2.81 bits per heavy atom. The van der Waals surface area contributed by atoms with Crippen LogP contribution in [0.25, 0.3) is 10.9 Å². The van der Waals surface area contributed by atoms with Crippen molar-refractivity contribution in [2.24, 2.45) is 5.92 Å². The van der Waals surface area contributed by atoms with Crippen LogP contribution < -0.4 is 0 Å². The third kappa shape index (κ3) is 3.22. The first kappa shape index (κ1) is 16.8. The predicted octanol–water partition coefficient (Wildman–Crippen LogP) is 2.73. The van der Waals surface area contributed by atoms with Crippen LogP contribution in [0, 0.1) is 5.92 Å². The van der Waals surface area contributed by atoms with Crippen molar-refractivity contribution in [1.29, 1.82) is 0 Å². The van der Waals surface area contributed by atoms with Crippen LogP contribution >= 0.6 is 0 Å². The first-order valence-corrected chi connectivity index (χ1v) is 9.10. The molecule has 1 fully saturated rings. The summed E-state index contributed by atoms with van der Waals surface area (Å²) in [7, 11) is 0. The van der Waals surface area contributed by atoms with E-state index in [2.05, 4.69) is 16.0 Å². The van der Waals surface area contributed by atoms with Gasteiger partial charge >= 0.3 is 0 Å². The molecule has 1 aliphatic heterocycles. The molecule has 0 bridgehead atoms. The van der Waals surface area contributed by atoms with E-state index in [0.717, 1.165) is 17.5 Å². The number of aromatic amines is 1. The number of amides is 1. The summed E-state index contributed by atoms with van der Waals surface area (Å²) in [6.45, 7) is 1.39. The average molecular weight is 349 g/mol. The van der Waals surface area contributed by atoms with Gasteiger partial charge in [-0.3, -0.25) is 9.78 Å². The summed E-state index contributed by atoms with van der Waals surface area (Å²) in [4.78, 5) is 22.0. The van der Waals surface area contributed by atoms with E-state index in [9.17, 15) is 9.90 Å². The molecule has 0 saturated carbocycles. The van der Waals surface area contributed by atoms with Crippen LogP contribution in [0.5, 0.6) is 0 Å². The summed E-state index contributed by atoms with van der Waals surface area (Å²) in [6, 6.07) is 12.1. The average Bonchev–Trinajstić information content (AvgIpc) is 3.31. The van der Waals surface area contributed by atoms with Crippen LogP contribution in [-0.4, -0.2) is 45.6 Å². The summed E-state index contributed by atoms with van der Waals surface area (Å²) in [5.74, 6) is 0.430. The van der Waals surface area contributed by atoms with Crippen molar-refractivity contribution in [2.45, 2.75) is 18.8 Å². The lowest BCUT2D eigenvalue weighted by molar-refractivity contribution is -0.130. The first-order valence-electron chi connectivity index (χ1n) is 9.10. The van der Waals surface area contributed by atoms with Crippen LogP contribution in [0.4, 0.5) is 0 Å². The molecule has 1 saturated heterocycles. The third-order valence-electron chi connectivity index (χ3n) is 5.45. The lowest BCUT2D eigenvalue weighted by atomic mass is 9.90. The van der Waals surface area contributed by atoms with E-state index in [1.165, 1.54) is 10.9 Å². The molecule has 2 N–H and O–H groups in total. The SMILES string of the molecule is O=C(CCc1c[nH]c2ccccc12)N1C[C@@H](CO)[C@H](c2ccncc2)C1. The number of benzene rings is 1. The lowest BCUT2D eigenvalue weighted by Crippen LogP contribution is -2.29. The molecule has 2 aromatic heterocycles. The highest BCUT2D eigenvalue weighted by molar-refractivity contribution is 5.84. The Balaban J connectivity index is 1.42. The van der Waals surface area contributed by atoms with E-state index >= 15 is 0 Å². The largest absolute Gasteiger partial charge is 0.396 e. The van der Waals surface area contributed by atoms with Crippen LogP contribution in [0.15, 0.2) is 55.0 Å². The first-order chi connectivity index (χ1) is 12.8. The van der Waals surface area contributed by atoms with E-state index in [0.29, 0.717) is 19.5 Å². The van der Waals surface area contributed by atoms with Crippen molar-refractivity contribution in [1.82, 2.24) is 14.9 Å². The summed E-state index contributed by atoms with van der Waals surface area (Å²) >= 11 is 0. The van der Waals surface area contributed by atoms with Gasteiger partial charge in [0.25, 0.3) is 0 Å². The zero-order chi connectivity index (χ0) is 17.9. The van der Waals surface area contributed by atoms with Gasteiger partial charge in [0.1, 0.15) is 0 Å². The number of aromatic nitrogens is 2. The van der Waals surface area contributed by atoms with Gasteiger partial charge in [0.2, 0.25) is 5.91 Å². The number of hydrogen-bond donors (Lipinski definition) is 2. The minimum absolute atomic E-state index is 0.0921. The van der Waals surface area contributed by atoms with Crippen LogP contribution in [0.1, 0.15) is 23.5 Å². The molecular formula is C21H23N3O2. The number of aliphatic hydroxyl groups is 1. The standard InChI is InChI=1S/C21H23N3O2/c25-14-17-12-24(13-19(17)15-7-9-22-10-8-15)21(26)6-5-16-11-23-20-4-2-1-3-18(16)20/h1-4,7-11,17,19,23,25H,5-6,12-14H2/t17-,19-/m0/s1. The number of fused-ring (bicyclic) bond motifs is 1. The number of hydrogen-bond acceptors (Lipinski definition) is 3. The summed E-state index contributed by atoms with van der Waals surface area (Å²) in [6.07, 6.45) is 6.75. The van der Waals surface area contributed by atoms with Crippen molar-refractivity contribution in [2.75, 3.05) is 19.7 Å². The van der Waals surface area contributed by atoms with Crippen molar-refractivity contribution in [3.63, 3.8) is 0 Å². The predicted molar refractivity (Wildman–Crippen MR) is 101 cm³/mol. The third-order valence-corrected chi connectivity index (χ3v) is 5.45. The van der Waals surface area contributed by atoms with Gasteiger partial charge in [-0.25, -0.2) is 0 Å². The second-order valence-electron chi connectivity index (χ2n) is 6.99. The van der Waals surface area contributed by atoms with E-state index in [-0.39, 0.29) is 24.3 Å². The van der Waals surface area contributed by atoms with Gasteiger partial charge in [0.05, 0.1) is 0 Å². The molecule has 5 heteroatoms. The zero-order valence-corrected chi connectivity index (χ0v) is 14.6. The number of rotatable bonds is 5. The maximum Gasteiger partial charge on any atom is 0.222 e. The van der Waals surface area contributed by atoms with E-state index in [4.69, 9.17) is 0 Å². The Morgan fingerprint density at radius 2 is 2.00 bits per heavy atom. The molecule has 0 radical (unpaired) electrons. The number of likely N-dealkylation sites (tertiary alicyclic amines) is 1. The van der Waals surface area contributed by atoms with Crippen molar-refractivity contribution in [3.05, 3.63) is 66.1 Å². The van der Waals surface area contributed by atoms with Gasteiger partial charge in [0, 0.05) is 67.4 Å². The highest BCUT2D eigenvalue weighted by Crippen LogP contribution is 2.32. The van der Waals surface area contributed by atoms with E-state index in [1.807, 2.05) is 41.4 Å². The fraction of sp³-hybridized carbons (Fsp3) is 0.333. The Hall–Kier alpha value is -2.66. The Kier molecular flexibility index (Phi) is 4.71. The molecule has 5 nitrogen and oxygen atoms in total. The fourth-order valence-corrected chi connectivity index (χ4v) is 3.99. The van der Waals surface area contributed by atoms with Gasteiger partial charge in [0.15, 0.2) is 0 Å². The summed E-state index contributed by atoms with van der Waals surface area (Å²) < 4.78 is 0. The number of carbonyl (C=O) groups excluding carboxylic acids is 1. The molecule has 3 heterocycles. The molecule has 1 amide bonds. The summed E-state index contributed by atoms with van der Waals surface area (Å²) in [5, 5.41) is 10.9. The molecule has 3 aromatic rings. The number of nitrogens with zero attached hydrogens (tertiary/aromatic N) is 2. The van der Waals surface area contributed by atoms with Gasteiger partial charge < -0.3 is 15.0 Å². The van der Waals surface area contributed by atoms with E-state index < -0.39 is 0 Å². The molecule has 0 spiro atoms. The van der Waals surface area contributed by atoms with Crippen molar-refractivity contribution < 1.29 is 9.90 Å². The van der Waals surface area contributed by atoms with Crippen molar-refractivity contribution >= 4 is 16.8 Å². The second-order valence-corrected chi connectivity index (χ2v) is 6.99. The molecule has 0 unspecified atom stereocenters. The number of aryl methyl sites for hydroxylation is 1. The fourth-order valence-electron chi connectivity index (χ4n) is 3.99. The van der Waals surface area contributed by atoms with Crippen LogP contribution in [0.3, 0.4) is 0 Å². The van der Waals surface area contributed by atoms with E-state index in [1.54, 1.807) is 12.4 Å². The van der Waals surface area contributed by atoms with Crippen LogP contribution in [0.2, 0.25) is 0 Å². The minimum atomic E-state index is 0.0921. The maximum absolute atomic E-state index is 12.7. The molecule has 1 aliphatic rings. The number of nitrogens with one attached hydrogen (secondary N) is 1. The number of pyridine rings is 1. The Bertz CT molecular complexity index is 890. The van der Waals surface area contributed by atoms with Gasteiger partial charge in [-0.2, -0.15) is 0 Å². The zero-order valence-electron chi connectivity index (χ0n) is 14.6. The molecule has 134 valence electrons. The molecular weight excluding hydrogens is 326 g/mol. The number of carbonyl (C=O) groups is 1. The summed E-state index contributed by atoms with van der Waals surface area (Å²) in [5.41, 5.74) is 3.43. The van der Waals surface area contributed by atoms with Crippen molar-refractivity contribution in [3.8, 4) is 0 Å². The molecule has 2 atom stereocenters. The molecule has 4 rings (SSSR count). The van der Waals surface area contributed by atoms with Gasteiger partial charge in [-0.15, -0.1) is 0 Å². The second kappa shape index (κ2) is 7.30.